The van der Waals surface area contributed by atoms with Crippen molar-refractivity contribution in [2.45, 2.75) is 6.54 Å². The number of carbonyl (C=O) groups excluding carboxylic acids is 1. The lowest BCUT2D eigenvalue weighted by atomic mass is 10.3. The van der Waals surface area contributed by atoms with Crippen LogP contribution in [0.4, 0.5) is 5.69 Å². The molecule has 1 aromatic carbocycles. The Kier molecular flexibility index (Phi) is 3.63. The average molecular weight is 261 g/mol. The van der Waals surface area contributed by atoms with Gasteiger partial charge in [0.05, 0.1) is 0 Å². The van der Waals surface area contributed by atoms with Crippen LogP contribution in [0.5, 0.6) is 0 Å². The standard InChI is InChI=1S/C11H11N5OS/c12-10(18)11-13-7-16(15-11)6-9(17)14-8-4-2-1-3-5-8/h1-5,7H,6H2,(H2,12,18)(H,14,17). The number of para-hydroxylation sites is 1. The van der Waals surface area contributed by atoms with E-state index in [1.165, 1.54) is 11.0 Å². The van der Waals surface area contributed by atoms with Crippen LogP contribution in [0.1, 0.15) is 5.82 Å². The van der Waals surface area contributed by atoms with Gasteiger partial charge in [0.25, 0.3) is 0 Å². The van der Waals surface area contributed by atoms with Crippen LogP contribution < -0.4 is 11.1 Å². The molecular formula is C11H11N5OS. The van der Waals surface area contributed by atoms with E-state index in [9.17, 15) is 4.79 Å². The Morgan fingerprint density at radius 2 is 2.11 bits per heavy atom. The van der Waals surface area contributed by atoms with Gasteiger partial charge >= 0.3 is 0 Å². The second-order valence-corrected chi connectivity index (χ2v) is 3.98. The van der Waals surface area contributed by atoms with Crippen LogP contribution in [0.25, 0.3) is 0 Å². The molecule has 0 saturated carbocycles. The average Bonchev–Trinajstić information content (AvgIpc) is 2.78. The van der Waals surface area contributed by atoms with E-state index in [-0.39, 0.29) is 23.3 Å². The number of carbonyl (C=O) groups is 1. The van der Waals surface area contributed by atoms with Crippen LogP contribution in [0.3, 0.4) is 0 Å². The second-order valence-electron chi connectivity index (χ2n) is 3.54. The van der Waals surface area contributed by atoms with E-state index in [4.69, 9.17) is 18.0 Å². The van der Waals surface area contributed by atoms with Crippen molar-refractivity contribution in [3.63, 3.8) is 0 Å². The maximum absolute atomic E-state index is 11.7. The molecule has 1 aromatic heterocycles. The summed E-state index contributed by atoms with van der Waals surface area (Å²) in [4.78, 5) is 15.7. The Morgan fingerprint density at radius 1 is 1.39 bits per heavy atom. The first-order valence-electron chi connectivity index (χ1n) is 5.19. The molecule has 0 fully saturated rings. The lowest BCUT2D eigenvalue weighted by Crippen LogP contribution is -2.19. The number of rotatable bonds is 4. The van der Waals surface area contributed by atoms with Gasteiger partial charge in [-0.25, -0.2) is 9.67 Å². The molecule has 7 heteroatoms. The van der Waals surface area contributed by atoms with Crippen molar-refractivity contribution >= 4 is 28.8 Å². The lowest BCUT2D eigenvalue weighted by molar-refractivity contribution is -0.116. The van der Waals surface area contributed by atoms with Gasteiger partial charge in [-0.2, -0.15) is 0 Å². The highest BCUT2D eigenvalue weighted by atomic mass is 32.1. The maximum atomic E-state index is 11.7. The molecule has 0 aliphatic heterocycles. The molecule has 0 saturated heterocycles. The quantitative estimate of drug-likeness (QED) is 0.785. The van der Waals surface area contributed by atoms with E-state index in [1.807, 2.05) is 18.2 Å². The van der Waals surface area contributed by atoms with Crippen molar-refractivity contribution < 1.29 is 4.79 Å². The van der Waals surface area contributed by atoms with Crippen molar-refractivity contribution in [2.75, 3.05) is 5.32 Å². The van der Waals surface area contributed by atoms with E-state index in [1.54, 1.807) is 12.1 Å². The summed E-state index contributed by atoms with van der Waals surface area (Å²) in [5.74, 6) is 0.0677. The zero-order valence-electron chi connectivity index (χ0n) is 9.41. The summed E-state index contributed by atoms with van der Waals surface area (Å²) < 4.78 is 1.38. The summed E-state index contributed by atoms with van der Waals surface area (Å²) in [5, 5.41) is 6.71. The third-order valence-corrected chi connectivity index (χ3v) is 2.30. The van der Waals surface area contributed by atoms with Gasteiger partial charge in [-0.15, -0.1) is 5.10 Å². The molecule has 0 bridgehead atoms. The van der Waals surface area contributed by atoms with Crippen LogP contribution in [0.15, 0.2) is 36.7 Å². The first-order valence-corrected chi connectivity index (χ1v) is 5.60. The Bertz CT molecular complexity index is 566. The summed E-state index contributed by atoms with van der Waals surface area (Å²) in [6.07, 6.45) is 1.42. The minimum Gasteiger partial charge on any atom is -0.387 e. The van der Waals surface area contributed by atoms with Crippen molar-refractivity contribution in [3.05, 3.63) is 42.5 Å². The minimum absolute atomic E-state index is 0.0600. The third kappa shape index (κ3) is 3.11. The zero-order chi connectivity index (χ0) is 13.0. The number of amides is 1. The van der Waals surface area contributed by atoms with Crippen LogP contribution in [0.2, 0.25) is 0 Å². The Morgan fingerprint density at radius 3 is 2.72 bits per heavy atom. The summed E-state index contributed by atoms with van der Waals surface area (Å²) in [6.45, 7) is 0.0600. The van der Waals surface area contributed by atoms with Gasteiger partial charge in [0.1, 0.15) is 17.9 Å². The first kappa shape index (κ1) is 12.2. The van der Waals surface area contributed by atoms with Crippen molar-refractivity contribution in [3.8, 4) is 0 Å². The van der Waals surface area contributed by atoms with E-state index >= 15 is 0 Å². The molecule has 0 spiro atoms. The largest absolute Gasteiger partial charge is 0.387 e. The Labute approximate surface area is 109 Å². The number of benzene rings is 1. The monoisotopic (exact) mass is 261 g/mol. The van der Waals surface area contributed by atoms with E-state index in [0.717, 1.165) is 5.69 Å². The van der Waals surface area contributed by atoms with Crippen LogP contribution in [-0.4, -0.2) is 25.7 Å². The molecule has 6 nitrogen and oxygen atoms in total. The predicted octanol–water partition coefficient (Wildman–Crippen LogP) is 0.551. The van der Waals surface area contributed by atoms with E-state index < -0.39 is 0 Å². The van der Waals surface area contributed by atoms with Crippen molar-refractivity contribution in [2.24, 2.45) is 5.73 Å². The number of anilines is 1. The highest BCUT2D eigenvalue weighted by Crippen LogP contribution is 2.04. The lowest BCUT2D eigenvalue weighted by Gasteiger charge is -2.04. The minimum atomic E-state index is -0.194. The summed E-state index contributed by atoms with van der Waals surface area (Å²) in [7, 11) is 0. The molecular weight excluding hydrogens is 250 g/mol. The molecule has 1 amide bonds. The summed E-state index contributed by atoms with van der Waals surface area (Å²) in [6, 6.07) is 9.17. The number of nitrogens with zero attached hydrogens (tertiary/aromatic N) is 3. The molecule has 0 aliphatic carbocycles. The highest BCUT2D eigenvalue weighted by Gasteiger charge is 2.07. The molecule has 92 valence electrons. The molecule has 0 radical (unpaired) electrons. The zero-order valence-corrected chi connectivity index (χ0v) is 10.2. The Balaban J connectivity index is 1.97. The fourth-order valence-corrected chi connectivity index (χ4v) is 1.45. The van der Waals surface area contributed by atoms with Crippen LogP contribution >= 0.6 is 12.2 Å². The number of nitrogens with one attached hydrogen (secondary N) is 1. The van der Waals surface area contributed by atoms with Gasteiger partial charge in [0.2, 0.25) is 11.7 Å². The number of hydrogen-bond donors (Lipinski definition) is 2. The van der Waals surface area contributed by atoms with Gasteiger partial charge in [-0.05, 0) is 12.1 Å². The van der Waals surface area contributed by atoms with Crippen molar-refractivity contribution in [1.82, 2.24) is 14.8 Å². The van der Waals surface area contributed by atoms with Crippen LogP contribution in [-0.2, 0) is 11.3 Å². The topological polar surface area (TPSA) is 85.8 Å². The van der Waals surface area contributed by atoms with Gasteiger partial charge in [-0.3, -0.25) is 4.79 Å². The third-order valence-electron chi connectivity index (χ3n) is 2.12. The number of hydrogen-bond acceptors (Lipinski definition) is 4. The van der Waals surface area contributed by atoms with Gasteiger partial charge in [0.15, 0.2) is 0 Å². The Hall–Kier alpha value is -2.28. The van der Waals surface area contributed by atoms with Gasteiger partial charge < -0.3 is 11.1 Å². The molecule has 1 heterocycles. The SMILES string of the molecule is NC(=S)c1ncn(CC(=O)Nc2ccccc2)n1. The summed E-state index contributed by atoms with van der Waals surface area (Å²) >= 11 is 4.73. The molecule has 18 heavy (non-hydrogen) atoms. The van der Waals surface area contributed by atoms with E-state index in [0.29, 0.717) is 0 Å². The molecule has 0 unspecified atom stereocenters. The molecule has 0 atom stereocenters. The number of thiocarbonyl (C=S) groups is 1. The smallest absolute Gasteiger partial charge is 0.246 e. The number of aromatic nitrogens is 3. The van der Waals surface area contributed by atoms with E-state index in [2.05, 4.69) is 15.4 Å². The fraction of sp³-hybridized carbons (Fsp3) is 0.0909. The molecule has 0 aliphatic rings. The molecule has 2 rings (SSSR count). The predicted molar refractivity (Wildman–Crippen MR) is 71.0 cm³/mol. The number of nitrogens with two attached hydrogens (primary N) is 1. The van der Waals surface area contributed by atoms with Crippen LogP contribution in [0, 0.1) is 0 Å². The fourth-order valence-electron chi connectivity index (χ4n) is 1.35. The highest BCUT2D eigenvalue weighted by molar-refractivity contribution is 7.80. The molecule has 3 N–H and O–H groups in total. The van der Waals surface area contributed by atoms with Gasteiger partial charge in [-0.1, -0.05) is 30.4 Å². The second kappa shape index (κ2) is 5.37. The van der Waals surface area contributed by atoms with Crippen molar-refractivity contribution in [1.29, 1.82) is 0 Å². The first-order chi connectivity index (χ1) is 8.65. The van der Waals surface area contributed by atoms with Gasteiger partial charge in [0, 0.05) is 5.69 Å². The molecule has 2 aromatic rings. The maximum Gasteiger partial charge on any atom is 0.246 e. The summed E-state index contributed by atoms with van der Waals surface area (Å²) in [5.41, 5.74) is 6.11. The normalized spacial score (nSPS) is 10.0.